The third kappa shape index (κ3) is 4.84. The standard InChI is InChI=1S/C17H15ClFN5O/c18-14-6-4-12(5-7-14)8-9-20-16(25)11-24-22-17(21-23-24)13-2-1-3-15(19)10-13/h1-7,10H,8-9,11H2,(H,20,25). The highest BCUT2D eigenvalue weighted by atomic mass is 35.5. The molecule has 0 bridgehead atoms. The van der Waals surface area contributed by atoms with Crippen LogP contribution < -0.4 is 5.32 Å². The number of nitrogens with one attached hydrogen (secondary N) is 1. The summed E-state index contributed by atoms with van der Waals surface area (Å²) in [5.74, 6) is -0.334. The Morgan fingerprint density at radius 2 is 2.00 bits per heavy atom. The third-order valence-electron chi connectivity index (χ3n) is 3.47. The molecule has 1 aromatic heterocycles. The van der Waals surface area contributed by atoms with Gasteiger partial charge < -0.3 is 5.32 Å². The van der Waals surface area contributed by atoms with Crippen molar-refractivity contribution in [3.63, 3.8) is 0 Å². The first-order valence-electron chi connectivity index (χ1n) is 7.65. The van der Waals surface area contributed by atoms with E-state index < -0.39 is 0 Å². The van der Waals surface area contributed by atoms with Gasteiger partial charge in [-0.15, -0.1) is 10.2 Å². The van der Waals surface area contributed by atoms with Gasteiger partial charge in [0.15, 0.2) is 0 Å². The van der Waals surface area contributed by atoms with E-state index in [0.717, 1.165) is 5.56 Å². The fourth-order valence-electron chi connectivity index (χ4n) is 2.24. The Labute approximate surface area is 148 Å². The van der Waals surface area contributed by atoms with Crippen molar-refractivity contribution in [2.75, 3.05) is 6.54 Å². The predicted molar refractivity (Wildman–Crippen MR) is 91.4 cm³/mol. The zero-order chi connectivity index (χ0) is 17.6. The highest BCUT2D eigenvalue weighted by Gasteiger charge is 2.09. The lowest BCUT2D eigenvalue weighted by atomic mass is 10.1. The quantitative estimate of drug-likeness (QED) is 0.734. The predicted octanol–water partition coefficient (Wildman–Crippen LogP) is 2.49. The minimum Gasteiger partial charge on any atom is -0.354 e. The summed E-state index contributed by atoms with van der Waals surface area (Å²) >= 11 is 5.83. The molecule has 0 aliphatic carbocycles. The topological polar surface area (TPSA) is 72.7 Å². The minimum atomic E-state index is -0.381. The molecule has 0 fully saturated rings. The van der Waals surface area contributed by atoms with E-state index in [4.69, 9.17) is 11.6 Å². The van der Waals surface area contributed by atoms with Crippen molar-refractivity contribution < 1.29 is 9.18 Å². The number of aromatic nitrogens is 4. The number of carbonyl (C=O) groups excluding carboxylic acids is 1. The largest absolute Gasteiger partial charge is 0.354 e. The van der Waals surface area contributed by atoms with Crippen LogP contribution in [0.3, 0.4) is 0 Å². The molecule has 6 nitrogen and oxygen atoms in total. The Kier molecular flexibility index (Phi) is 5.35. The molecule has 128 valence electrons. The Bertz CT molecular complexity index is 865. The van der Waals surface area contributed by atoms with Crippen molar-refractivity contribution in [3.8, 4) is 11.4 Å². The smallest absolute Gasteiger partial charge is 0.243 e. The van der Waals surface area contributed by atoms with E-state index in [1.807, 2.05) is 24.3 Å². The van der Waals surface area contributed by atoms with Crippen molar-refractivity contribution in [1.82, 2.24) is 25.5 Å². The number of benzene rings is 2. The van der Waals surface area contributed by atoms with Gasteiger partial charge >= 0.3 is 0 Å². The van der Waals surface area contributed by atoms with Crippen LogP contribution in [0.4, 0.5) is 4.39 Å². The van der Waals surface area contributed by atoms with Gasteiger partial charge in [-0.1, -0.05) is 35.9 Å². The summed E-state index contributed by atoms with van der Waals surface area (Å²) in [6.07, 6.45) is 0.697. The molecule has 0 saturated carbocycles. The molecular formula is C17H15ClFN5O. The lowest BCUT2D eigenvalue weighted by molar-refractivity contribution is -0.122. The normalized spacial score (nSPS) is 10.6. The Morgan fingerprint density at radius 3 is 2.76 bits per heavy atom. The van der Waals surface area contributed by atoms with Crippen LogP contribution in [-0.4, -0.2) is 32.7 Å². The zero-order valence-electron chi connectivity index (χ0n) is 13.2. The van der Waals surface area contributed by atoms with Gasteiger partial charge in [0, 0.05) is 17.1 Å². The van der Waals surface area contributed by atoms with E-state index in [9.17, 15) is 9.18 Å². The number of rotatable bonds is 6. The summed E-state index contributed by atoms with van der Waals surface area (Å²) in [5, 5.41) is 15.2. The second-order valence-electron chi connectivity index (χ2n) is 5.38. The van der Waals surface area contributed by atoms with Crippen molar-refractivity contribution in [2.45, 2.75) is 13.0 Å². The molecule has 1 N–H and O–H groups in total. The van der Waals surface area contributed by atoms with Crippen LogP contribution >= 0.6 is 11.6 Å². The van der Waals surface area contributed by atoms with Crippen molar-refractivity contribution in [2.24, 2.45) is 0 Å². The number of nitrogens with zero attached hydrogens (tertiary/aromatic N) is 4. The van der Waals surface area contributed by atoms with Gasteiger partial charge in [0.2, 0.25) is 11.7 Å². The molecule has 0 spiro atoms. The molecule has 0 aliphatic heterocycles. The monoisotopic (exact) mass is 359 g/mol. The average Bonchev–Trinajstić information content (AvgIpc) is 3.05. The fourth-order valence-corrected chi connectivity index (χ4v) is 2.36. The van der Waals surface area contributed by atoms with Gasteiger partial charge in [-0.3, -0.25) is 4.79 Å². The molecule has 0 aliphatic rings. The maximum absolute atomic E-state index is 13.2. The van der Waals surface area contributed by atoms with Crippen molar-refractivity contribution in [3.05, 3.63) is 64.9 Å². The SMILES string of the molecule is O=C(Cn1nnc(-c2cccc(F)c2)n1)NCCc1ccc(Cl)cc1. The maximum Gasteiger partial charge on any atom is 0.243 e. The lowest BCUT2D eigenvalue weighted by Crippen LogP contribution is -2.30. The van der Waals surface area contributed by atoms with E-state index in [1.165, 1.54) is 16.9 Å². The van der Waals surface area contributed by atoms with Crippen LogP contribution in [0.15, 0.2) is 48.5 Å². The maximum atomic E-state index is 13.2. The second-order valence-corrected chi connectivity index (χ2v) is 5.82. The number of hydrogen-bond acceptors (Lipinski definition) is 4. The third-order valence-corrected chi connectivity index (χ3v) is 3.72. The average molecular weight is 360 g/mol. The van der Waals surface area contributed by atoms with Crippen LogP contribution in [0.5, 0.6) is 0 Å². The molecule has 0 radical (unpaired) electrons. The van der Waals surface area contributed by atoms with Gasteiger partial charge in [-0.2, -0.15) is 4.80 Å². The van der Waals surface area contributed by atoms with Crippen molar-refractivity contribution in [1.29, 1.82) is 0 Å². The first-order valence-corrected chi connectivity index (χ1v) is 8.03. The molecule has 2 aromatic carbocycles. The number of tetrazole rings is 1. The van der Waals surface area contributed by atoms with Gasteiger partial charge in [0.25, 0.3) is 0 Å². The van der Waals surface area contributed by atoms with Crippen LogP contribution in [0.25, 0.3) is 11.4 Å². The van der Waals surface area contributed by atoms with Crippen molar-refractivity contribution >= 4 is 17.5 Å². The summed E-state index contributed by atoms with van der Waals surface area (Å²) in [6.45, 7) is 0.439. The van der Waals surface area contributed by atoms with E-state index in [2.05, 4.69) is 20.7 Å². The number of halogens is 2. The summed E-state index contributed by atoms with van der Waals surface area (Å²) in [7, 11) is 0. The Morgan fingerprint density at radius 1 is 1.20 bits per heavy atom. The van der Waals surface area contributed by atoms with Crippen LogP contribution in [0.1, 0.15) is 5.56 Å². The molecule has 25 heavy (non-hydrogen) atoms. The molecule has 1 amide bonds. The van der Waals surface area contributed by atoms with Gasteiger partial charge in [0.05, 0.1) is 0 Å². The van der Waals surface area contributed by atoms with Crippen LogP contribution in [-0.2, 0) is 17.8 Å². The van der Waals surface area contributed by atoms with Crippen LogP contribution in [0, 0.1) is 5.82 Å². The van der Waals surface area contributed by atoms with E-state index in [1.54, 1.807) is 12.1 Å². The molecule has 8 heteroatoms. The van der Waals surface area contributed by atoms with Crippen LogP contribution in [0.2, 0.25) is 5.02 Å². The first-order chi connectivity index (χ1) is 12.1. The Balaban J connectivity index is 1.50. The summed E-state index contributed by atoms with van der Waals surface area (Å²) in [4.78, 5) is 13.1. The summed E-state index contributed by atoms with van der Waals surface area (Å²) in [5.41, 5.74) is 1.59. The number of amides is 1. The zero-order valence-corrected chi connectivity index (χ0v) is 13.9. The number of carbonyl (C=O) groups is 1. The Hall–Kier alpha value is -2.80. The van der Waals surface area contributed by atoms with E-state index in [0.29, 0.717) is 23.6 Å². The molecular weight excluding hydrogens is 345 g/mol. The van der Waals surface area contributed by atoms with Gasteiger partial charge in [0.1, 0.15) is 12.4 Å². The fraction of sp³-hybridized carbons (Fsp3) is 0.176. The highest BCUT2D eigenvalue weighted by Crippen LogP contribution is 2.14. The second kappa shape index (κ2) is 7.85. The molecule has 1 heterocycles. The summed E-state index contributed by atoms with van der Waals surface area (Å²) in [6, 6.07) is 13.3. The lowest BCUT2D eigenvalue weighted by Gasteiger charge is -2.04. The number of hydrogen-bond donors (Lipinski definition) is 1. The first kappa shape index (κ1) is 17.0. The molecule has 3 aromatic rings. The van der Waals surface area contributed by atoms with Gasteiger partial charge in [-0.25, -0.2) is 4.39 Å². The molecule has 0 atom stereocenters. The highest BCUT2D eigenvalue weighted by molar-refractivity contribution is 6.30. The minimum absolute atomic E-state index is 0.0526. The van der Waals surface area contributed by atoms with E-state index in [-0.39, 0.29) is 24.1 Å². The molecule has 3 rings (SSSR count). The molecule has 0 unspecified atom stereocenters. The van der Waals surface area contributed by atoms with E-state index >= 15 is 0 Å². The molecule has 0 saturated heterocycles. The van der Waals surface area contributed by atoms with Gasteiger partial charge in [-0.05, 0) is 41.5 Å². The summed E-state index contributed by atoms with van der Waals surface area (Å²) < 4.78 is 13.2.